The Hall–Kier alpha value is -1.88. The largest absolute Gasteiger partial charge is 0.355 e. The lowest BCUT2D eigenvalue weighted by atomic mass is 10.0. The maximum atomic E-state index is 12.0. The molecule has 0 saturated carbocycles. The van der Waals surface area contributed by atoms with Crippen molar-refractivity contribution in [2.75, 3.05) is 20.6 Å². The fraction of sp³-hybridized carbons (Fsp3) is 0.529. The second-order valence-corrected chi connectivity index (χ2v) is 6.28. The molecule has 0 aliphatic heterocycles. The van der Waals surface area contributed by atoms with E-state index < -0.39 is 0 Å². The zero-order chi connectivity index (χ0) is 16.1. The predicted octanol–water partition coefficient (Wildman–Crippen LogP) is 2.20. The van der Waals surface area contributed by atoms with Gasteiger partial charge in [0.2, 0.25) is 5.91 Å². The molecule has 0 bridgehead atoms. The number of hydrogen-bond donors (Lipinski definition) is 2. The Morgan fingerprint density at radius 3 is 2.68 bits per heavy atom. The summed E-state index contributed by atoms with van der Waals surface area (Å²) in [7, 11) is 4.09. The number of aromatic nitrogens is 2. The Bertz CT molecular complexity index is 577. The van der Waals surface area contributed by atoms with Crippen LogP contribution in [0.4, 0.5) is 0 Å². The van der Waals surface area contributed by atoms with Gasteiger partial charge in [-0.2, -0.15) is 0 Å². The highest BCUT2D eigenvalue weighted by Crippen LogP contribution is 2.11. The number of fused-ring (bicyclic) bond motifs is 1. The lowest BCUT2D eigenvalue weighted by Crippen LogP contribution is -2.43. The quantitative estimate of drug-likeness (QED) is 0.824. The van der Waals surface area contributed by atoms with Crippen molar-refractivity contribution in [3.05, 3.63) is 30.1 Å². The summed E-state index contributed by atoms with van der Waals surface area (Å²) >= 11 is 0. The van der Waals surface area contributed by atoms with Crippen LogP contribution in [-0.2, 0) is 11.2 Å². The van der Waals surface area contributed by atoms with E-state index in [1.54, 1.807) is 0 Å². The Morgan fingerprint density at radius 2 is 2.05 bits per heavy atom. The molecule has 22 heavy (non-hydrogen) atoms. The SMILES string of the molecule is CC(C)[C@H](CNC(=O)CCc1nc2ccccc2[nH]1)N(C)C. The molecule has 0 aliphatic rings. The minimum absolute atomic E-state index is 0.0768. The number of rotatable bonds is 7. The highest BCUT2D eigenvalue weighted by atomic mass is 16.1. The molecular formula is C17H26N4O. The van der Waals surface area contributed by atoms with Crippen LogP contribution in [0.5, 0.6) is 0 Å². The maximum Gasteiger partial charge on any atom is 0.220 e. The number of hydrogen-bond acceptors (Lipinski definition) is 3. The van der Waals surface area contributed by atoms with Crippen LogP contribution in [-0.4, -0.2) is 47.5 Å². The van der Waals surface area contributed by atoms with Crippen molar-refractivity contribution in [3.63, 3.8) is 0 Å². The third-order valence-corrected chi connectivity index (χ3v) is 3.97. The number of imidazole rings is 1. The van der Waals surface area contributed by atoms with Gasteiger partial charge < -0.3 is 15.2 Å². The molecule has 0 radical (unpaired) electrons. The van der Waals surface area contributed by atoms with E-state index in [9.17, 15) is 4.79 Å². The Kier molecular flexibility index (Phi) is 5.55. The van der Waals surface area contributed by atoms with Crippen LogP contribution in [0.25, 0.3) is 11.0 Å². The molecule has 0 unspecified atom stereocenters. The van der Waals surface area contributed by atoms with Crippen LogP contribution in [0.2, 0.25) is 0 Å². The van der Waals surface area contributed by atoms with E-state index in [-0.39, 0.29) is 5.91 Å². The van der Waals surface area contributed by atoms with Crippen LogP contribution in [0, 0.1) is 5.92 Å². The van der Waals surface area contributed by atoms with Crippen molar-refractivity contribution in [2.24, 2.45) is 5.92 Å². The molecule has 120 valence electrons. The van der Waals surface area contributed by atoms with Crippen molar-refractivity contribution >= 4 is 16.9 Å². The maximum absolute atomic E-state index is 12.0. The standard InChI is InChI=1S/C17H26N4O/c1-12(2)15(21(3)4)11-18-17(22)10-9-16-19-13-7-5-6-8-14(13)20-16/h5-8,12,15H,9-11H2,1-4H3,(H,18,22)(H,19,20)/t15-/m0/s1. The van der Waals surface area contributed by atoms with Crippen LogP contribution in [0.1, 0.15) is 26.1 Å². The van der Waals surface area contributed by atoms with Gasteiger partial charge in [0.25, 0.3) is 0 Å². The summed E-state index contributed by atoms with van der Waals surface area (Å²) in [4.78, 5) is 21.9. The highest BCUT2D eigenvalue weighted by Gasteiger charge is 2.16. The van der Waals surface area contributed by atoms with Gasteiger partial charge in [0.15, 0.2) is 0 Å². The average molecular weight is 302 g/mol. The predicted molar refractivity (Wildman–Crippen MR) is 89.7 cm³/mol. The van der Waals surface area contributed by atoms with E-state index in [4.69, 9.17) is 0 Å². The molecule has 5 heteroatoms. The summed E-state index contributed by atoms with van der Waals surface area (Å²) in [5.41, 5.74) is 1.97. The summed E-state index contributed by atoms with van der Waals surface area (Å²) in [5, 5.41) is 3.03. The van der Waals surface area contributed by atoms with Gasteiger partial charge in [-0.1, -0.05) is 26.0 Å². The van der Waals surface area contributed by atoms with E-state index in [1.165, 1.54) is 0 Å². The molecule has 0 aliphatic carbocycles. The topological polar surface area (TPSA) is 61.0 Å². The van der Waals surface area contributed by atoms with Gasteiger partial charge in [0.05, 0.1) is 11.0 Å². The van der Waals surface area contributed by atoms with Crippen molar-refractivity contribution in [2.45, 2.75) is 32.7 Å². The number of carbonyl (C=O) groups is 1. The first kappa shape index (κ1) is 16.5. The normalized spacial score (nSPS) is 13.0. The van der Waals surface area contributed by atoms with Gasteiger partial charge in [-0.25, -0.2) is 4.98 Å². The summed E-state index contributed by atoms with van der Waals surface area (Å²) < 4.78 is 0. The molecule has 1 atom stereocenters. The monoisotopic (exact) mass is 302 g/mol. The van der Waals surface area contributed by atoms with E-state index in [1.807, 2.05) is 38.4 Å². The molecule has 0 saturated heterocycles. The third kappa shape index (κ3) is 4.31. The zero-order valence-electron chi connectivity index (χ0n) is 13.9. The van der Waals surface area contributed by atoms with Gasteiger partial charge >= 0.3 is 0 Å². The molecule has 2 rings (SSSR count). The minimum atomic E-state index is 0.0768. The Balaban J connectivity index is 1.82. The average Bonchev–Trinajstić information content (AvgIpc) is 2.87. The molecule has 5 nitrogen and oxygen atoms in total. The van der Waals surface area contributed by atoms with Gasteiger partial charge in [0.1, 0.15) is 5.82 Å². The first-order valence-electron chi connectivity index (χ1n) is 7.84. The number of amides is 1. The van der Waals surface area contributed by atoms with Gasteiger partial charge in [0, 0.05) is 25.4 Å². The molecule has 0 spiro atoms. The smallest absolute Gasteiger partial charge is 0.220 e. The summed E-state index contributed by atoms with van der Waals surface area (Å²) in [6, 6.07) is 8.27. The lowest BCUT2D eigenvalue weighted by Gasteiger charge is -2.28. The van der Waals surface area contributed by atoms with Crippen LogP contribution in [0.15, 0.2) is 24.3 Å². The van der Waals surface area contributed by atoms with Gasteiger partial charge in [-0.3, -0.25) is 4.79 Å². The number of H-pyrrole nitrogens is 1. The number of nitrogens with one attached hydrogen (secondary N) is 2. The Labute approximate surface area is 132 Å². The number of likely N-dealkylation sites (N-methyl/N-ethyl adjacent to an activating group) is 1. The summed E-state index contributed by atoms with van der Waals surface area (Å²) in [5.74, 6) is 1.45. The first-order chi connectivity index (χ1) is 10.5. The van der Waals surface area contributed by atoms with E-state index in [0.29, 0.717) is 31.3 Å². The number of benzene rings is 1. The molecular weight excluding hydrogens is 276 g/mol. The minimum Gasteiger partial charge on any atom is -0.355 e. The van der Waals surface area contributed by atoms with Crippen LogP contribution < -0.4 is 5.32 Å². The number of nitrogens with zero attached hydrogens (tertiary/aromatic N) is 2. The number of carbonyl (C=O) groups excluding carboxylic acids is 1. The second-order valence-electron chi connectivity index (χ2n) is 6.28. The lowest BCUT2D eigenvalue weighted by molar-refractivity contribution is -0.121. The fourth-order valence-electron chi connectivity index (χ4n) is 2.68. The number of aromatic amines is 1. The molecule has 1 aromatic heterocycles. The zero-order valence-corrected chi connectivity index (χ0v) is 13.9. The molecule has 1 aromatic carbocycles. The van der Waals surface area contributed by atoms with Crippen molar-refractivity contribution in [1.29, 1.82) is 0 Å². The van der Waals surface area contributed by atoms with Crippen LogP contribution in [0.3, 0.4) is 0 Å². The third-order valence-electron chi connectivity index (χ3n) is 3.97. The van der Waals surface area contributed by atoms with Gasteiger partial charge in [-0.05, 0) is 32.1 Å². The summed E-state index contributed by atoms with van der Waals surface area (Å²) in [6.07, 6.45) is 1.09. The van der Waals surface area contributed by atoms with E-state index in [0.717, 1.165) is 16.9 Å². The van der Waals surface area contributed by atoms with E-state index >= 15 is 0 Å². The number of aryl methyl sites for hydroxylation is 1. The van der Waals surface area contributed by atoms with Gasteiger partial charge in [-0.15, -0.1) is 0 Å². The number of para-hydroxylation sites is 2. The van der Waals surface area contributed by atoms with Crippen molar-refractivity contribution < 1.29 is 4.79 Å². The molecule has 1 heterocycles. The van der Waals surface area contributed by atoms with Crippen LogP contribution >= 0.6 is 0 Å². The Morgan fingerprint density at radius 1 is 1.32 bits per heavy atom. The van der Waals surface area contributed by atoms with E-state index in [2.05, 4.69) is 34.0 Å². The van der Waals surface area contributed by atoms with Crippen molar-refractivity contribution in [3.8, 4) is 0 Å². The molecule has 1 amide bonds. The second kappa shape index (κ2) is 7.40. The fourth-order valence-corrected chi connectivity index (χ4v) is 2.68. The van der Waals surface area contributed by atoms with Crippen molar-refractivity contribution in [1.82, 2.24) is 20.2 Å². The first-order valence-corrected chi connectivity index (χ1v) is 7.84. The molecule has 2 N–H and O–H groups in total. The molecule has 0 fully saturated rings. The molecule has 2 aromatic rings. The highest BCUT2D eigenvalue weighted by molar-refractivity contribution is 5.77. The summed E-state index contributed by atoms with van der Waals surface area (Å²) in [6.45, 7) is 5.03.